The Bertz CT molecular complexity index is 614. The second-order valence-electron chi connectivity index (χ2n) is 5.84. The molecule has 0 spiro atoms. The molecule has 3 rings (SSSR count). The monoisotopic (exact) mass is 320 g/mol. The number of nitrogens with zero attached hydrogens (tertiary/aromatic N) is 2. The van der Waals surface area contributed by atoms with E-state index in [0.717, 1.165) is 37.6 Å². The molecule has 2 heterocycles. The van der Waals surface area contributed by atoms with Gasteiger partial charge >= 0.3 is 0 Å². The van der Waals surface area contributed by atoms with Gasteiger partial charge in [-0.25, -0.2) is 4.98 Å². The van der Waals surface area contributed by atoms with E-state index in [1.807, 2.05) is 12.1 Å². The molecule has 1 aliphatic heterocycles. The van der Waals surface area contributed by atoms with Gasteiger partial charge in [-0.3, -0.25) is 4.90 Å². The number of ether oxygens (including phenoxy) is 2. The van der Waals surface area contributed by atoms with Crippen molar-refractivity contribution in [3.05, 3.63) is 23.2 Å². The Hall–Kier alpha value is -1.17. The van der Waals surface area contributed by atoms with Crippen LogP contribution < -0.4 is 4.74 Å². The van der Waals surface area contributed by atoms with Crippen molar-refractivity contribution >= 4 is 21.6 Å². The summed E-state index contributed by atoms with van der Waals surface area (Å²) in [7, 11) is 1.70. The average molecular weight is 320 g/mol. The normalized spacial score (nSPS) is 19.6. The highest BCUT2D eigenvalue weighted by atomic mass is 32.1. The lowest BCUT2D eigenvalue weighted by molar-refractivity contribution is 0.0647. The van der Waals surface area contributed by atoms with E-state index in [0.29, 0.717) is 5.92 Å². The molecule has 0 bridgehead atoms. The van der Waals surface area contributed by atoms with E-state index in [1.54, 1.807) is 18.4 Å². The number of piperidine rings is 1. The van der Waals surface area contributed by atoms with Crippen LogP contribution in [0.15, 0.2) is 18.2 Å². The average Bonchev–Trinajstić information content (AvgIpc) is 2.94. The highest BCUT2D eigenvalue weighted by Crippen LogP contribution is 2.28. The van der Waals surface area contributed by atoms with Gasteiger partial charge in [0, 0.05) is 13.2 Å². The molecule has 1 unspecified atom stereocenters. The first kappa shape index (κ1) is 15.7. The molecule has 4 nitrogen and oxygen atoms in total. The van der Waals surface area contributed by atoms with Crippen LogP contribution in [0.2, 0.25) is 0 Å². The molecule has 5 heteroatoms. The molecular weight excluding hydrogens is 296 g/mol. The maximum Gasteiger partial charge on any atom is 0.120 e. The topological polar surface area (TPSA) is 34.6 Å². The van der Waals surface area contributed by atoms with Crippen LogP contribution in [0.5, 0.6) is 5.75 Å². The zero-order valence-electron chi connectivity index (χ0n) is 13.4. The van der Waals surface area contributed by atoms with Crippen LogP contribution in [-0.4, -0.2) is 43.3 Å². The number of rotatable bonds is 6. The van der Waals surface area contributed by atoms with E-state index in [9.17, 15) is 0 Å². The molecule has 0 aliphatic carbocycles. The third-order valence-electron chi connectivity index (χ3n) is 4.16. The molecule has 0 amide bonds. The predicted molar refractivity (Wildman–Crippen MR) is 90.7 cm³/mol. The molecule has 1 aromatic carbocycles. The first-order chi connectivity index (χ1) is 10.8. The summed E-state index contributed by atoms with van der Waals surface area (Å²) >= 11 is 1.78. The smallest absolute Gasteiger partial charge is 0.120 e. The summed E-state index contributed by atoms with van der Waals surface area (Å²) < 4.78 is 12.1. The lowest BCUT2D eigenvalue weighted by Crippen LogP contribution is -2.36. The van der Waals surface area contributed by atoms with Gasteiger partial charge in [-0.1, -0.05) is 0 Å². The molecule has 120 valence electrons. The van der Waals surface area contributed by atoms with Crippen molar-refractivity contribution in [2.24, 2.45) is 5.92 Å². The van der Waals surface area contributed by atoms with E-state index in [-0.39, 0.29) is 0 Å². The first-order valence-corrected chi connectivity index (χ1v) is 8.83. The number of methoxy groups -OCH3 is 1. The Morgan fingerprint density at radius 2 is 2.32 bits per heavy atom. The molecule has 2 aromatic rings. The van der Waals surface area contributed by atoms with Gasteiger partial charge in [0.1, 0.15) is 10.8 Å². The number of hydrogen-bond donors (Lipinski definition) is 0. The van der Waals surface area contributed by atoms with E-state index in [1.165, 1.54) is 29.1 Å². The van der Waals surface area contributed by atoms with Crippen LogP contribution in [0.3, 0.4) is 0 Å². The highest BCUT2D eigenvalue weighted by molar-refractivity contribution is 7.18. The van der Waals surface area contributed by atoms with Gasteiger partial charge in [0.15, 0.2) is 0 Å². The number of likely N-dealkylation sites (tertiary alicyclic amines) is 1. The molecular formula is C17H24N2O2S. The molecule has 0 saturated carbocycles. The highest BCUT2D eigenvalue weighted by Gasteiger charge is 2.21. The van der Waals surface area contributed by atoms with Crippen LogP contribution in [0.1, 0.15) is 24.8 Å². The third-order valence-corrected chi connectivity index (χ3v) is 5.16. The summed E-state index contributed by atoms with van der Waals surface area (Å²) in [6.45, 7) is 7.02. The number of thiazole rings is 1. The molecule has 1 aliphatic rings. The van der Waals surface area contributed by atoms with Gasteiger partial charge < -0.3 is 9.47 Å². The Morgan fingerprint density at radius 3 is 3.14 bits per heavy atom. The van der Waals surface area contributed by atoms with E-state index in [2.05, 4.69) is 17.9 Å². The van der Waals surface area contributed by atoms with Crippen LogP contribution in [0, 0.1) is 5.92 Å². The standard InChI is InChI=1S/C17H24N2O2S/c1-3-21-12-13-5-4-8-19(10-13)11-17-18-15-7-6-14(20-2)9-16(15)22-17/h6-7,9,13H,3-5,8,10-12H2,1-2H3. The molecule has 0 N–H and O–H groups in total. The summed E-state index contributed by atoms with van der Waals surface area (Å²) in [6, 6.07) is 6.09. The molecule has 22 heavy (non-hydrogen) atoms. The Labute approximate surface area is 136 Å². The second kappa shape index (κ2) is 7.40. The van der Waals surface area contributed by atoms with Crippen LogP contribution in [0.25, 0.3) is 10.2 Å². The lowest BCUT2D eigenvalue weighted by Gasteiger charge is -2.31. The fraction of sp³-hybridized carbons (Fsp3) is 0.588. The quantitative estimate of drug-likeness (QED) is 0.815. The van der Waals surface area contributed by atoms with Gasteiger partial charge in [0.05, 0.1) is 30.5 Å². The maximum atomic E-state index is 5.59. The van der Waals surface area contributed by atoms with Gasteiger partial charge in [0.2, 0.25) is 0 Å². The summed E-state index contributed by atoms with van der Waals surface area (Å²) in [6.07, 6.45) is 2.55. The van der Waals surface area contributed by atoms with E-state index >= 15 is 0 Å². The summed E-state index contributed by atoms with van der Waals surface area (Å²) in [5.41, 5.74) is 1.07. The summed E-state index contributed by atoms with van der Waals surface area (Å²) in [5, 5.41) is 1.19. The van der Waals surface area contributed by atoms with Crippen molar-refractivity contribution < 1.29 is 9.47 Å². The van der Waals surface area contributed by atoms with Gasteiger partial charge in [-0.15, -0.1) is 11.3 Å². The van der Waals surface area contributed by atoms with Gasteiger partial charge in [-0.2, -0.15) is 0 Å². The van der Waals surface area contributed by atoms with Crippen molar-refractivity contribution in [1.82, 2.24) is 9.88 Å². The van der Waals surface area contributed by atoms with Crippen LogP contribution in [0.4, 0.5) is 0 Å². The van der Waals surface area contributed by atoms with Crippen molar-refractivity contribution in [3.8, 4) is 5.75 Å². The number of hydrogen-bond acceptors (Lipinski definition) is 5. The minimum absolute atomic E-state index is 0.670. The van der Waals surface area contributed by atoms with Crippen LogP contribution >= 0.6 is 11.3 Å². The van der Waals surface area contributed by atoms with Crippen LogP contribution in [-0.2, 0) is 11.3 Å². The zero-order valence-corrected chi connectivity index (χ0v) is 14.2. The second-order valence-corrected chi connectivity index (χ2v) is 6.96. The van der Waals surface area contributed by atoms with Gasteiger partial charge in [0.25, 0.3) is 0 Å². The van der Waals surface area contributed by atoms with Crippen molar-refractivity contribution in [2.75, 3.05) is 33.4 Å². The first-order valence-electron chi connectivity index (χ1n) is 8.02. The Kier molecular flexibility index (Phi) is 5.28. The largest absolute Gasteiger partial charge is 0.497 e. The predicted octanol–water partition coefficient (Wildman–Crippen LogP) is 3.55. The van der Waals surface area contributed by atoms with Crippen molar-refractivity contribution in [1.29, 1.82) is 0 Å². The third kappa shape index (κ3) is 3.77. The van der Waals surface area contributed by atoms with Crippen molar-refractivity contribution in [2.45, 2.75) is 26.3 Å². The summed E-state index contributed by atoms with van der Waals surface area (Å²) in [5.74, 6) is 1.57. The minimum atomic E-state index is 0.670. The number of fused-ring (bicyclic) bond motifs is 1. The zero-order chi connectivity index (χ0) is 15.4. The molecule has 1 atom stereocenters. The van der Waals surface area contributed by atoms with E-state index in [4.69, 9.17) is 14.5 Å². The van der Waals surface area contributed by atoms with Crippen molar-refractivity contribution in [3.63, 3.8) is 0 Å². The molecule has 1 fully saturated rings. The fourth-order valence-corrected chi connectivity index (χ4v) is 4.09. The fourth-order valence-electron chi connectivity index (χ4n) is 3.05. The number of benzene rings is 1. The van der Waals surface area contributed by atoms with E-state index < -0.39 is 0 Å². The lowest BCUT2D eigenvalue weighted by atomic mass is 9.99. The summed E-state index contributed by atoms with van der Waals surface area (Å²) in [4.78, 5) is 7.28. The maximum absolute atomic E-state index is 5.59. The minimum Gasteiger partial charge on any atom is -0.497 e. The Morgan fingerprint density at radius 1 is 1.41 bits per heavy atom. The molecule has 0 radical (unpaired) electrons. The Balaban J connectivity index is 1.64. The molecule has 1 saturated heterocycles. The molecule has 1 aromatic heterocycles. The number of aromatic nitrogens is 1. The SMILES string of the molecule is CCOCC1CCCN(Cc2nc3ccc(OC)cc3s2)C1. The van der Waals surface area contributed by atoms with Gasteiger partial charge in [-0.05, 0) is 50.4 Å².